The number of alkyl halides is 6. The third-order valence-corrected chi connectivity index (χ3v) is 10.5. The van der Waals surface area contributed by atoms with E-state index in [2.05, 4.69) is 5.32 Å². The Morgan fingerprint density at radius 3 is 1.78 bits per heavy atom. The summed E-state index contributed by atoms with van der Waals surface area (Å²) in [4.78, 5) is 55.1. The zero-order valence-corrected chi connectivity index (χ0v) is 32.3. The Hall–Kier alpha value is -6.56. The SMILES string of the molecule is CCOC(=O)c1ccc(C(=O)OCC)c(Oc2ccc(S(=O)(=O)C(F)(F)F)cc2[N+](=O)[O-])c1.O=C(O)Cc1ccccc1CC(=O)Nc1cccc(S(=O)(=O)C(F)(F)F)c1. The van der Waals surface area contributed by atoms with Crippen molar-refractivity contribution < 1.29 is 86.6 Å². The van der Waals surface area contributed by atoms with Gasteiger partial charge < -0.3 is 24.6 Å². The van der Waals surface area contributed by atoms with Crippen molar-refractivity contribution in [2.24, 2.45) is 0 Å². The minimum atomic E-state index is -5.87. The summed E-state index contributed by atoms with van der Waals surface area (Å²) in [5, 5.41) is 22.6. The number of hydrogen-bond donors (Lipinski definition) is 2. The van der Waals surface area contributed by atoms with Crippen molar-refractivity contribution in [1.29, 1.82) is 0 Å². The Kier molecular flexibility index (Phi) is 15.5. The normalized spacial score (nSPS) is 11.7. The van der Waals surface area contributed by atoms with E-state index in [4.69, 9.17) is 19.3 Å². The van der Waals surface area contributed by atoms with Crippen LogP contribution in [0.2, 0.25) is 0 Å². The van der Waals surface area contributed by atoms with Gasteiger partial charge in [0, 0.05) is 11.8 Å². The molecule has 1 amide bonds. The summed E-state index contributed by atoms with van der Waals surface area (Å²) in [7, 11) is -11.4. The zero-order chi connectivity index (χ0) is 45.2. The maximum Gasteiger partial charge on any atom is 0.501 e. The molecule has 0 aliphatic heterocycles. The average molecular weight is 893 g/mol. The first-order valence-electron chi connectivity index (χ1n) is 16.6. The fourth-order valence-electron chi connectivity index (χ4n) is 4.79. The van der Waals surface area contributed by atoms with Crippen molar-refractivity contribution in [2.45, 2.75) is 47.5 Å². The van der Waals surface area contributed by atoms with Crippen LogP contribution in [0.3, 0.4) is 0 Å². The van der Waals surface area contributed by atoms with E-state index in [9.17, 15) is 72.5 Å². The van der Waals surface area contributed by atoms with Crippen LogP contribution in [0.15, 0.2) is 94.7 Å². The Morgan fingerprint density at radius 1 is 0.700 bits per heavy atom. The number of esters is 2. The van der Waals surface area contributed by atoms with Crippen LogP contribution < -0.4 is 10.1 Å². The molecular formula is C36H30F6N2O14S2. The average Bonchev–Trinajstić information content (AvgIpc) is 3.15. The predicted octanol–water partition coefficient (Wildman–Crippen LogP) is 6.82. The number of amides is 1. The van der Waals surface area contributed by atoms with Crippen LogP contribution >= 0.6 is 0 Å². The number of ether oxygens (including phenoxy) is 3. The van der Waals surface area contributed by atoms with Crippen LogP contribution in [0, 0.1) is 10.1 Å². The van der Waals surface area contributed by atoms with E-state index >= 15 is 0 Å². The molecule has 0 heterocycles. The van der Waals surface area contributed by atoms with Gasteiger partial charge >= 0.3 is 34.6 Å². The molecule has 322 valence electrons. The molecule has 24 heteroatoms. The second-order valence-electron chi connectivity index (χ2n) is 11.6. The Labute approximate surface area is 335 Å². The number of nitrogens with zero attached hydrogens (tertiary/aromatic N) is 1. The molecule has 60 heavy (non-hydrogen) atoms. The summed E-state index contributed by atoms with van der Waals surface area (Å²) < 4.78 is 137. The number of anilines is 1. The van der Waals surface area contributed by atoms with E-state index < -0.39 is 86.4 Å². The van der Waals surface area contributed by atoms with Gasteiger partial charge in [-0.2, -0.15) is 26.3 Å². The number of aliphatic carboxylic acids is 1. The number of sulfone groups is 2. The van der Waals surface area contributed by atoms with Gasteiger partial charge in [0.05, 0.1) is 46.3 Å². The number of hydrogen-bond acceptors (Lipinski definition) is 13. The number of carbonyl (C=O) groups is 4. The van der Waals surface area contributed by atoms with Crippen LogP contribution in [-0.2, 0) is 51.6 Å². The fourth-order valence-corrected chi connectivity index (χ4v) is 6.38. The molecule has 4 rings (SSSR count). The molecule has 0 radical (unpaired) electrons. The Bertz CT molecular complexity index is 2510. The molecular weight excluding hydrogens is 863 g/mol. The van der Waals surface area contributed by atoms with Gasteiger partial charge in [-0.1, -0.05) is 30.3 Å². The van der Waals surface area contributed by atoms with Crippen molar-refractivity contribution in [1.82, 2.24) is 0 Å². The smallest absolute Gasteiger partial charge is 0.481 e. The van der Waals surface area contributed by atoms with Gasteiger partial charge in [0.25, 0.3) is 19.7 Å². The van der Waals surface area contributed by atoms with E-state index in [1.54, 1.807) is 31.2 Å². The van der Waals surface area contributed by atoms with Crippen molar-refractivity contribution in [3.8, 4) is 11.5 Å². The van der Waals surface area contributed by atoms with Gasteiger partial charge in [0.15, 0.2) is 0 Å². The lowest BCUT2D eigenvalue weighted by Gasteiger charge is -2.13. The largest absolute Gasteiger partial charge is 0.501 e. The van der Waals surface area contributed by atoms with Gasteiger partial charge in [-0.15, -0.1) is 0 Å². The molecule has 0 saturated carbocycles. The molecule has 4 aromatic rings. The lowest BCUT2D eigenvalue weighted by Crippen LogP contribution is -2.23. The van der Waals surface area contributed by atoms with Crippen LogP contribution in [0.1, 0.15) is 45.7 Å². The van der Waals surface area contributed by atoms with E-state index in [1.165, 1.54) is 19.1 Å². The highest BCUT2D eigenvalue weighted by atomic mass is 32.2. The molecule has 0 saturated heterocycles. The second kappa shape index (κ2) is 19.5. The second-order valence-corrected chi connectivity index (χ2v) is 15.5. The number of carbonyl (C=O) groups excluding carboxylic acids is 3. The summed E-state index contributed by atoms with van der Waals surface area (Å²) >= 11 is 0. The number of nitrogens with one attached hydrogen (secondary N) is 1. The minimum absolute atomic E-state index is 0.0231. The highest BCUT2D eigenvalue weighted by molar-refractivity contribution is 7.92. The summed E-state index contributed by atoms with van der Waals surface area (Å²) in [5.41, 5.74) is -11.9. The molecule has 0 aliphatic carbocycles. The minimum Gasteiger partial charge on any atom is -0.481 e. The maximum absolute atomic E-state index is 12.8. The van der Waals surface area contributed by atoms with Crippen LogP contribution in [-0.4, -0.2) is 74.9 Å². The summed E-state index contributed by atoms with van der Waals surface area (Å²) in [5.74, 6) is -4.52. The first-order valence-corrected chi connectivity index (χ1v) is 19.6. The standard InChI is InChI=1S/C19H16F3NO9S.C17H14F3NO5S/c1-3-30-17(24)11-5-7-13(18(25)31-4-2)16(9-11)32-15-8-6-12(10-14(15)23(26)27)33(28,29)19(20,21)22;18-17(19,20)27(25,26)14-7-3-6-13(10-14)21-15(22)8-11-4-1-2-5-12(11)9-16(23)24/h5-10H,3-4H2,1-2H3;1-7,10H,8-9H2,(H,21,22)(H,23,24). The first-order chi connectivity index (χ1) is 27.8. The van der Waals surface area contributed by atoms with Crippen molar-refractivity contribution >= 4 is 54.9 Å². The highest BCUT2D eigenvalue weighted by Crippen LogP contribution is 2.39. The Morgan fingerprint density at radius 2 is 1.25 bits per heavy atom. The van der Waals surface area contributed by atoms with Crippen molar-refractivity contribution in [3.05, 3.63) is 117 Å². The van der Waals surface area contributed by atoms with Crippen molar-refractivity contribution in [2.75, 3.05) is 18.5 Å². The van der Waals surface area contributed by atoms with E-state index in [0.29, 0.717) is 29.3 Å². The Balaban J connectivity index is 0.000000327. The van der Waals surface area contributed by atoms with Crippen LogP contribution in [0.5, 0.6) is 11.5 Å². The van der Waals surface area contributed by atoms with E-state index in [1.807, 2.05) is 0 Å². The fraction of sp³-hybridized carbons (Fsp3) is 0.222. The summed E-state index contributed by atoms with van der Waals surface area (Å²) in [6.45, 7) is 3.04. The van der Waals surface area contributed by atoms with Crippen LogP contribution in [0.4, 0.5) is 37.7 Å². The number of carboxylic acid groups (broad SMARTS) is 1. The third-order valence-electron chi connectivity index (χ3n) is 7.49. The maximum atomic E-state index is 12.8. The lowest BCUT2D eigenvalue weighted by atomic mass is 10.0. The van der Waals surface area contributed by atoms with Gasteiger partial charge in [-0.25, -0.2) is 26.4 Å². The topological polar surface area (TPSA) is 240 Å². The summed E-state index contributed by atoms with van der Waals surface area (Å²) in [6, 6.07) is 14.8. The number of benzene rings is 4. The molecule has 16 nitrogen and oxygen atoms in total. The lowest BCUT2D eigenvalue weighted by molar-refractivity contribution is -0.385. The molecule has 0 bridgehead atoms. The quantitative estimate of drug-likeness (QED) is 0.0572. The molecule has 0 aliphatic rings. The summed E-state index contributed by atoms with van der Waals surface area (Å²) in [6.07, 6.45) is -0.511. The van der Waals surface area contributed by atoms with Gasteiger partial charge in [0.2, 0.25) is 11.7 Å². The van der Waals surface area contributed by atoms with Gasteiger partial charge in [-0.3, -0.25) is 19.7 Å². The van der Waals surface area contributed by atoms with Gasteiger partial charge in [0.1, 0.15) is 11.3 Å². The molecule has 0 spiro atoms. The number of halogens is 6. The number of nitro groups is 1. The van der Waals surface area contributed by atoms with Crippen LogP contribution in [0.25, 0.3) is 0 Å². The zero-order valence-electron chi connectivity index (χ0n) is 30.7. The van der Waals surface area contributed by atoms with Crippen molar-refractivity contribution in [3.63, 3.8) is 0 Å². The molecule has 2 N–H and O–H groups in total. The number of rotatable bonds is 14. The molecule has 0 aromatic heterocycles. The van der Waals surface area contributed by atoms with E-state index in [0.717, 1.165) is 24.3 Å². The molecule has 0 fully saturated rings. The monoisotopic (exact) mass is 892 g/mol. The molecule has 4 aromatic carbocycles. The van der Waals surface area contributed by atoms with E-state index in [-0.39, 0.29) is 48.9 Å². The number of nitro benzene ring substituents is 1. The highest BCUT2D eigenvalue weighted by Gasteiger charge is 2.48. The predicted molar refractivity (Wildman–Crippen MR) is 195 cm³/mol. The first kappa shape index (κ1) is 47.8. The van der Waals surface area contributed by atoms with Gasteiger partial charge in [-0.05, 0) is 73.5 Å². The third kappa shape index (κ3) is 12.0. The molecule has 0 unspecified atom stereocenters. The molecule has 0 atom stereocenters. The number of carboxylic acids is 1.